The predicted octanol–water partition coefficient (Wildman–Crippen LogP) is 8.33. The predicted molar refractivity (Wildman–Crippen MR) is 138 cm³/mol. The Hall–Kier alpha value is -1.30. The highest BCUT2D eigenvalue weighted by Crippen LogP contribution is 2.68. The van der Waals surface area contributed by atoms with Crippen molar-refractivity contribution in [3.05, 3.63) is 121 Å². The molecule has 0 saturated heterocycles. The van der Waals surface area contributed by atoms with Crippen LogP contribution in [0, 0.1) is 77.4 Å². The topological polar surface area (TPSA) is 0 Å². The number of hydrogen-bond donors (Lipinski definition) is 0. The maximum Gasteiger partial charge on any atom is 0.0209 e. The summed E-state index contributed by atoms with van der Waals surface area (Å²) < 4.78 is 0. The first-order valence-electron chi connectivity index (χ1n) is 12.0. The molecule has 0 aromatic rings. The van der Waals surface area contributed by atoms with Crippen molar-refractivity contribution in [3.63, 3.8) is 0 Å². The van der Waals surface area contributed by atoms with Gasteiger partial charge >= 0.3 is 0 Å². The van der Waals surface area contributed by atoms with Gasteiger partial charge in [0.25, 0.3) is 0 Å². The maximum atomic E-state index is 4.04. The van der Waals surface area contributed by atoms with E-state index in [0.717, 1.165) is 12.8 Å². The minimum absolute atomic E-state index is 0.0787. The second-order valence-corrected chi connectivity index (χ2v) is 11.7. The molecule has 0 aromatic carbocycles. The van der Waals surface area contributed by atoms with Gasteiger partial charge in [0.15, 0.2) is 0 Å². The second-order valence-electron chi connectivity index (χ2n) is 11.7. The molecule has 1 atom stereocenters. The van der Waals surface area contributed by atoms with Crippen LogP contribution in [0.4, 0.5) is 0 Å². The lowest BCUT2D eigenvalue weighted by atomic mass is 9.57. The van der Waals surface area contributed by atoms with Crippen molar-refractivity contribution >= 4 is 0 Å². The van der Waals surface area contributed by atoms with Crippen molar-refractivity contribution in [2.24, 2.45) is 16.2 Å². The highest BCUT2D eigenvalue weighted by molar-refractivity contribution is 5.80. The van der Waals surface area contributed by atoms with Crippen LogP contribution in [0.2, 0.25) is 0 Å². The third-order valence-electron chi connectivity index (χ3n) is 7.30. The van der Waals surface area contributed by atoms with Crippen molar-refractivity contribution in [2.45, 2.75) is 61.3 Å². The molecule has 32 heavy (non-hydrogen) atoms. The molecule has 2 fully saturated rings. The summed E-state index contributed by atoms with van der Waals surface area (Å²) in [6.07, 6.45) is 27.4. The van der Waals surface area contributed by atoms with Crippen LogP contribution < -0.4 is 0 Å². The first-order chi connectivity index (χ1) is 15.0. The lowest BCUT2D eigenvalue weighted by Gasteiger charge is -2.45. The minimum Gasteiger partial charge on any atom is -0.103 e. The molecule has 2 saturated carbocycles. The lowest BCUT2D eigenvalue weighted by molar-refractivity contribution is 0.363. The Bertz CT molecular complexity index is 774. The van der Waals surface area contributed by atoms with E-state index in [-0.39, 0.29) is 16.2 Å². The van der Waals surface area contributed by atoms with Gasteiger partial charge in [-0.2, -0.15) is 0 Å². The van der Waals surface area contributed by atoms with Crippen LogP contribution >= 0.6 is 0 Å². The van der Waals surface area contributed by atoms with E-state index in [1.54, 1.807) is 0 Å². The van der Waals surface area contributed by atoms with Gasteiger partial charge in [-0.15, -0.1) is 6.58 Å². The zero-order chi connectivity index (χ0) is 23.3. The van der Waals surface area contributed by atoms with Crippen molar-refractivity contribution in [2.75, 3.05) is 0 Å². The molecule has 0 N–H and O–H groups in total. The van der Waals surface area contributed by atoms with Crippen molar-refractivity contribution in [1.82, 2.24) is 0 Å². The summed E-state index contributed by atoms with van der Waals surface area (Å²) in [5, 5.41) is 0. The van der Waals surface area contributed by atoms with Gasteiger partial charge in [-0.3, -0.25) is 0 Å². The quantitative estimate of drug-likeness (QED) is 0.391. The summed E-state index contributed by atoms with van der Waals surface area (Å²) in [4.78, 5) is 0. The van der Waals surface area contributed by atoms with Gasteiger partial charge < -0.3 is 0 Å². The number of rotatable bonds is 5. The van der Waals surface area contributed by atoms with Crippen LogP contribution in [-0.4, -0.2) is 0 Å². The van der Waals surface area contributed by atoms with Crippen LogP contribution in [0.15, 0.2) is 60.3 Å². The van der Waals surface area contributed by atoms with Gasteiger partial charge in [0.05, 0.1) is 0 Å². The van der Waals surface area contributed by atoms with E-state index >= 15 is 0 Å². The van der Waals surface area contributed by atoms with Crippen molar-refractivity contribution in [3.8, 4) is 0 Å². The molecule has 0 nitrogen and oxygen atoms in total. The molecular weight excluding hydrogens is 384 g/mol. The Morgan fingerprint density at radius 2 is 1.16 bits per heavy atom. The molecule has 10 radical (unpaired) electrons. The first kappa shape index (κ1) is 23.8. The fraction of sp³-hybridized carbons (Fsp3) is 0.375. The summed E-state index contributed by atoms with van der Waals surface area (Å²) in [6.45, 7) is 20.3. The fourth-order valence-electron chi connectivity index (χ4n) is 5.19. The zero-order valence-corrected chi connectivity index (χ0v) is 21.0. The molecule has 0 aromatic heterocycles. The third-order valence-corrected chi connectivity index (χ3v) is 7.30. The van der Waals surface area contributed by atoms with Crippen LogP contribution in [-0.2, 0) is 0 Å². The molecule has 0 heteroatoms. The maximum absolute atomic E-state index is 4.04. The van der Waals surface area contributed by atoms with Gasteiger partial charge in [0, 0.05) is 29.6 Å². The highest BCUT2D eigenvalue weighted by atomic mass is 14.6. The molecule has 0 spiro atoms. The van der Waals surface area contributed by atoms with E-state index in [1.807, 2.05) is 0 Å². The molecule has 0 heterocycles. The number of fused-ring (bicyclic) bond motifs is 3. The van der Waals surface area contributed by atoms with Crippen LogP contribution in [0.5, 0.6) is 0 Å². The standard InChI is InChI=1S/C32H38/c1-9-10-19-32(8,22-13-11-12-14-22)29-27-20-23(30(2,3)4)15-17-25(27)26-18-16-24(21-28(26)29)31(5,6)7/h9,11-18,20-21H,1,10,19H2,2-8H3. The smallest absolute Gasteiger partial charge is 0.0209 e. The third kappa shape index (κ3) is 4.17. The van der Waals surface area contributed by atoms with Crippen LogP contribution in [0.3, 0.4) is 0 Å². The number of allylic oxidation sites excluding steroid dienone is 9. The van der Waals surface area contributed by atoms with Crippen molar-refractivity contribution in [1.29, 1.82) is 0 Å². The molecule has 0 aliphatic heterocycles. The summed E-state index contributed by atoms with van der Waals surface area (Å²) in [7, 11) is 0. The Kier molecular flexibility index (Phi) is 6.32. The van der Waals surface area contributed by atoms with Gasteiger partial charge in [-0.25, -0.2) is 0 Å². The molecule has 0 amide bonds. The molecule has 4 rings (SSSR count). The molecule has 4 aliphatic rings. The van der Waals surface area contributed by atoms with Crippen LogP contribution in [0.25, 0.3) is 0 Å². The molecule has 0 bridgehead atoms. The summed E-state index contributed by atoms with van der Waals surface area (Å²) in [5.74, 6) is 8.44. The van der Waals surface area contributed by atoms with Gasteiger partial charge in [-0.05, 0) is 71.8 Å². The Morgan fingerprint density at radius 1 is 0.688 bits per heavy atom. The van der Waals surface area contributed by atoms with Gasteiger partial charge in [0.2, 0.25) is 0 Å². The van der Waals surface area contributed by atoms with E-state index < -0.39 is 0 Å². The fourth-order valence-corrected chi connectivity index (χ4v) is 5.19. The average Bonchev–Trinajstić information content (AvgIpc) is 3.36. The average molecular weight is 423 g/mol. The van der Waals surface area contributed by atoms with E-state index in [9.17, 15) is 0 Å². The molecule has 4 aliphatic carbocycles. The van der Waals surface area contributed by atoms with E-state index in [1.165, 1.54) is 46.7 Å². The minimum atomic E-state index is -0.0787. The van der Waals surface area contributed by atoms with E-state index in [4.69, 9.17) is 0 Å². The Labute approximate surface area is 199 Å². The lowest BCUT2D eigenvalue weighted by Crippen LogP contribution is -2.37. The summed E-state index contributed by atoms with van der Waals surface area (Å²) >= 11 is 0. The molecular formula is C32H38. The Morgan fingerprint density at radius 3 is 1.56 bits per heavy atom. The summed E-state index contributed by atoms with van der Waals surface area (Å²) in [5.41, 5.74) is 2.94. The van der Waals surface area contributed by atoms with E-state index in [0.29, 0.717) is 0 Å². The van der Waals surface area contributed by atoms with Crippen LogP contribution in [0.1, 0.15) is 61.3 Å². The van der Waals surface area contributed by atoms with E-state index in [2.05, 4.69) is 123 Å². The highest BCUT2D eigenvalue weighted by Gasteiger charge is 2.59. The monoisotopic (exact) mass is 422 g/mol. The van der Waals surface area contributed by atoms with Gasteiger partial charge in [-0.1, -0.05) is 91.0 Å². The number of hydrogen-bond acceptors (Lipinski definition) is 0. The first-order valence-corrected chi connectivity index (χ1v) is 12.0. The van der Waals surface area contributed by atoms with Gasteiger partial charge in [0.1, 0.15) is 0 Å². The zero-order valence-electron chi connectivity index (χ0n) is 21.0. The largest absolute Gasteiger partial charge is 0.103 e. The summed E-state index contributed by atoms with van der Waals surface area (Å²) in [6, 6.07) is 0. The SMILES string of the molecule is C=CCCC(C)([C]1[CH][CH][CH][CH]1)[C]1[C]2C=C(C(C)(C)C)C=C[C]2[C]2C=CC(C(C)(C)C)=C[C]21. The molecule has 1 unspecified atom stereocenters. The normalized spacial score (nSPS) is 26.1. The second kappa shape index (κ2) is 8.48. The van der Waals surface area contributed by atoms with Crippen molar-refractivity contribution < 1.29 is 0 Å². The Balaban J connectivity index is 1.84. The molecule has 166 valence electrons.